The summed E-state index contributed by atoms with van der Waals surface area (Å²) in [6.07, 6.45) is -3.35. The maximum Gasteiger partial charge on any atom is 0.422 e. The molecule has 3 aromatic carbocycles. The van der Waals surface area contributed by atoms with Crippen molar-refractivity contribution in [3.8, 4) is 11.5 Å². The predicted octanol–water partition coefficient (Wildman–Crippen LogP) is 6.66. The molecule has 0 bridgehead atoms. The number of likely N-dealkylation sites (tertiary alicyclic amines) is 1. The average molecular weight is 690 g/mol. The number of hydrogen-bond donors (Lipinski definition) is 1. The van der Waals surface area contributed by atoms with Gasteiger partial charge < -0.3 is 23.9 Å². The molecule has 0 radical (unpaired) electrons. The van der Waals surface area contributed by atoms with Crippen molar-refractivity contribution in [3.05, 3.63) is 98.7 Å². The Labute approximate surface area is 279 Å². The van der Waals surface area contributed by atoms with E-state index in [0.717, 1.165) is 6.07 Å². The number of fused-ring (bicyclic) bond motifs is 1. The zero-order chi connectivity index (χ0) is 34.6. The third-order valence-electron chi connectivity index (χ3n) is 8.40. The van der Waals surface area contributed by atoms with Crippen molar-refractivity contribution in [1.29, 1.82) is 0 Å². The van der Waals surface area contributed by atoms with Gasteiger partial charge in [0.25, 0.3) is 5.69 Å². The van der Waals surface area contributed by atoms with E-state index in [1.165, 1.54) is 30.0 Å². The number of piperidine rings is 1. The summed E-state index contributed by atoms with van der Waals surface area (Å²) in [7, 11) is 1.47. The van der Waals surface area contributed by atoms with Gasteiger partial charge in [0.1, 0.15) is 6.10 Å². The number of esters is 1. The molecule has 1 N–H and O–H groups in total. The standard InChI is InChI=1S/C34H35ClF3N3O7/c1-3-47-32(42)17-22-7-10-30(31(16-22)46-2)48-26-11-13-39(14-12-26)21-33(43,34(36,37)38)28-20-40(19-23-5-4-6-24(35)15-23)29-18-25(41(44)45)8-9-27(28)29/h4-10,15-16,18,20,26,43H,3,11-14,17,19,21H2,1-2H3. The van der Waals surface area contributed by atoms with Gasteiger partial charge in [-0.05, 0) is 61.2 Å². The third-order valence-corrected chi connectivity index (χ3v) is 8.63. The fraction of sp³-hybridized carbons (Fsp3) is 0.382. The third kappa shape index (κ3) is 7.69. The Morgan fingerprint density at radius 2 is 1.81 bits per heavy atom. The largest absolute Gasteiger partial charge is 0.493 e. The van der Waals surface area contributed by atoms with Crippen molar-refractivity contribution in [1.82, 2.24) is 9.47 Å². The fourth-order valence-electron chi connectivity index (χ4n) is 6.00. The molecule has 256 valence electrons. The van der Waals surface area contributed by atoms with E-state index in [0.29, 0.717) is 40.5 Å². The number of nitro groups is 1. The zero-order valence-corrected chi connectivity index (χ0v) is 27.1. The number of carbonyl (C=O) groups is 1. The predicted molar refractivity (Wildman–Crippen MR) is 173 cm³/mol. The number of aliphatic hydroxyl groups is 1. The molecule has 14 heteroatoms. The number of rotatable bonds is 12. The smallest absolute Gasteiger partial charge is 0.422 e. The Bertz CT molecular complexity index is 1790. The summed E-state index contributed by atoms with van der Waals surface area (Å²) in [6.45, 7) is 1.74. The molecule has 10 nitrogen and oxygen atoms in total. The van der Waals surface area contributed by atoms with E-state index in [1.807, 2.05) is 0 Å². The second kappa shape index (κ2) is 14.4. The van der Waals surface area contributed by atoms with Crippen molar-refractivity contribution in [2.24, 2.45) is 0 Å². The van der Waals surface area contributed by atoms with E-state index in [9.17, 15) is 33.2 Å². The van der Waals surface area contributed by atoms with Crippen LogP contribution in [0.25, 0.3) is 10.9 Å². The Balaban J connectivity index is 1.36. The maximum atomic E-state index is 14.9. The summed E-state index contributed by atoms with van der Waals surface area (Å²) in [4.78, 5) is 24.3. The topological polar surface area (TPSA) is 116 Å². The number of halogens is 4. The van der Waals surface area contributed by atoms with Crippen LogP contribution in [0.2, 0.25) is 5.02 Å². The van der Waals surface area contributed by atoms with Crippen molar-refractivity contribution in [2.75, 3.05) is 33.4 Å². The molecule has 1 saturated heterocycles. The first-order valence-corrected chi connectivity index (χ1v) is 15.7. The lowest BCUT2D eigenvalue weighted by Crippen LogP contribution is -2.53. The molecule has 1 fully saturated rings. The average Bonchev–Trinajstić information content (AvgIpc) is 3.40. The molecule has 1 atom stereocenters. The van der Waals surface area contributed by atoms with Crippen LogP contribution >= 0.6 is 11.6 Å². The van der Waals surface area contributed by atoms with Gasteiger partial charge in [-0.3, -0.25) is 19.8 Å². The van der Waals surface area contributed by atoms with Gasteiger partial charge in [-0.1, -0.05) is 29.8 Å². The number of aromatic nitrogens is 1. The summed E-state index contributed by atoms with van der Waals surface area (Å²) in [6, 6.07) is 15.4. The normalized spacial score (nSPS) is 15.6. The van der Waals surface area contributed by atoms with Gasteiger partial charge in [-0.15, -0.1) is 0 Å². The van der Waals surface area contributed by atoms with E-state index >= 15 is 0 Å². The summed E-state index contributed by atoms with van der Waals surface area (Å²) >= 11 is 6.12. The first kappa shape index (κ1) is 35.0. The molecule has 0 saturated carbocycles. The molecule has 48 heavy (non-hydrogen) atoms. The number of nitrogens with zero attached hydrogens (tertiary/aromatic N) is 3. The molecule has 2 heterocycles. The minimum atomic E-state index is -5.07. The zero-order valence-electron chi connectivity index (χ0n) is 26.3. The number of non-ortho nitro benzene ring substituents is 1. The highest BCUT2D eigenvalue weighted by Crippen LogP contribution is 2.44. The van der Waals surface area contributed by atoms with Crippen LogP contribution in [-0.4, -0.2) is 71.1 Å². The van der Waals surface area contributed by atoms with Crippen LogP contribution in [0, 0.1) is 10.1 Å². The summed E-state index contributed by atoms with van der Waals surface area (Å²) in [5.74, 6) is 0.489. The highest BCUT2D eigenvalue weighted by molar-refractivity contribution is 6.30. The molecular weight excluding hydrogens is 655 g/mol. The minimum absolute atomic E-state index is 0.0548. The molecule has 5 rings (SSSR count). The lowest BCUT2D eigenvalue weighted by molar-refractivity contribution is -0.384. The van der Waals surface area contributed by atoms with Gasteiger partial charge in [0.2, 0.25) is 5.60 Å². The first-order chi connectivity index (χ1) is 22.8. The maximum absolute atomic E-state index is 14.9. The molecule has 0 aliphatic carbocycles. The van der Waals surface area contributed by atoms with Gasteiger partial charge in [0.05, 0.1) is 30.6 Å². The van der Waals surface area contributed by atoms with Crippen LogP contribution in [0.5, 0.6) is 11.5 Å². The molecular formula is C34H35ClF3N3O7. The van der Waals surface area contributed by atoms with Gasteiger partial charge in [-0.2, -0.15) is 13.2 Å². The van der Waals surface area contributed by atoms with Crippen molar-refractivity contribution in [3.63, 3.8) is 0 Å². The number of benzene rings is 3. The lowest BCUT2D eigenvalue weighted by atomic mass is 9.91. The monoisotopic (exact) mass is 689 g/mol. The van der Waals surface area contributed by atoms with Gasteiger partial charge in [0.15, 0.2) is 11.5 Å². The van der Waals surface area contributed by atoms with Gasteiger partial charge >= 0.3 is 12.1 Å². The summed E-state index contributed by atoms with van der Waals surface area (Å²) in [5.41, 5.74) is -2.44. The number of alkyl halides is 3. The number of ether oxygens (including phenoxy) is 3. The van der Waals surface area contributed by atoms with Crippen LogP contribution in [-0.2, 0) is 28.1 Å². The second-order valence-electron chi connectivity index (χ2n) is 11.7. The molecule has 0 amide bonds. The van der Waals surface area contributed by atoms with Gasteiger partial charge in [-0.25, -0.2) is 0 Å². The van der Waals surface area contributed by atoms with E-state index in [2.05, 4.69) is 0 Å². The Morgan fingerprint density at radius 3 is 2.46 bits per heavy atom. The Morgan fingerprint density at radius 1 is 1.06 bits per heavy atom. The Hall–Kier alpha value is -4.33. The number of hydrogen-bond acceptors (Lipinski definition) is 8. The SMILES string of the molecule is CCOC(=O)Cc1ccc(OC2CCN(CC(O)(c3cn(Cc4cccc(Cl)c4)c4cc([N+](=O)[O-])ccc34)C(F)(F)F)CC2)c(OC)c1. The molecule has 1 aliphatic rings. The highest BCUT2D eigenvalue weighted by Gasteiger charge is 2.57. The molecule has 4 aromatic rings. The lowest BCUT2D eigenvalue weighted by Gasteiger charge is -2.39. The fourth-order valence-corrected chi connectivity index (χ4v) is 6.21. The molecule has 1 aromatic heterocycles. The van der Waals surface area contributed by atoms with Gasteiger partial charge in [0, 0.05) is 60.5 Å². The van der Waals surface area contributed by atoms with Crippen molar-refractivity contribution in [2.45, 2.75) is 50.6 Å². The van der Waals surface area contributed by atoms with E-state index in [1.54, 1.807) is 54.3 Å². The van der Waals surface area contributed by atoms with E-state index < -0.39 is 28.8 Å². The number of β-amino-alcohol motifs (C(OH)–C–C–N with tert-alkyl or cyclic N) is 1. The van der Waals surface area contributed by atoms with Crippen LogP contribution in [0.15, 0.2) is 66.9 Å². The summed E-state index contributed by atoms with van der Waals surface area (Å²) in [5, 5.41) is 23.6. The van der Waals surface area contributed by atoms with Crippen LogP contribution in [0.1, 0.15) is 36.5 Å². The van der Waals surface area contributed by atoms with E-state index in [-0.39, 0.29) is 61.3 Å². The first-order valence-electron chi connectivity index (χ1n) is 15.3. The number of methoxy groups -OCH3 is 1. The highest BCUT2D eigenvalue weighted by atomic mass is 35.5. The number of carbonyl (C=O) groups excluding carboxylic acids is 1. The van der Waals surface area contributed by atoms with Crippen molar-refractivity contribution >= 4 is 34.2 Å². The number of nitro benzene ring substituents is 1. The quantitative estimate of drug-likeness (QED) is 0.0998. The Kier molecular flexibility index (Phi) is 10.5. The van der Waals surface area contributed by atoms with Crippen LogP contribution < -0.4 is 9.47 Å². The molecule has 1 unspecified atom stereocenters. The molecule has 1 aliphatic heterocycles. The van der Waals surface area contributed by atoms with E-state index in [4.69, 9.17) is 25.8 Å². The van der Waals surface area contributed by atoms with Crippen molar-refractivity contribution < 1.29 is 42.2 Å². The second-order valence-corrected chi connectivity index (χ2v) is 12.1. The summed E-state index contributed by atoms with van der Waals surface area (Å²) < 4.78 is 62.7. The van der Waals surface area contributed by atoms with Crippen LogP contribution in [0.3, 0.4) is 0 Å². The molecule has 0 spiro atoms. The minimum Gasteiger partial charge on any atom is -0.493 e. The van der Waals surface area contributed by atoms with Crippen LogP contribution in [0.4, 0.5) is 18.9 Å².